The molecule has 168 valence electrons. The van der Waals surface area contributed by atoms with Crippen LogP contribution >= 0.6 is 15.9 Å². The second kappa shape index (κ2) is 9.88. The topological polar surface area (TPSA) is 77.8 Å². The number of halogens is 1. The Labute approximate surface area is 195 Å². The molecule has 0 saturated heterocycles. The van der Waals surface area contributed by atoms with E-state index < -0.39 is 5.63 Å². The summed E-state index contributed by atoms with van der Waals surface area (Å²) in [6.45, 7) is 3.83. The highest BCUT2D eigenvalue weighted by atomic mass is 79.9. The number of nitrogens with one attached hydrogen (secondary N) is 1. The van der Waals surface area contributed by atoms with Crippen molar-refractivity contribution in [1.29, 1.82) is 0 Å². The molecule has 0 radical (unpaired) electrons. The molecule has 1 aliphatic carbocycles. The van der Waals surface area contributed by atoms with Crippen LogP contribution in [-0.2, 0) is 16.1 Å². The Kier molecular flexibility index (Phi) is 6.96. The van der Waals surface area contributed by atoms with Crippen LogP contribution in [0.15, 0.2) is 56.1 Å². The van der Waals surface area contributed by atoms with Crippen molar-refractivity contribution < 1.29 is 18.7 Å². The predicted octanol–water partition coefficient (Wildman–Crippen LogP) is 5.73. The zero-order chi connectivity index (χ0) is 22.7. The van der Waals surface area contributed by atoms with Crippen LogP contribution in [0.5, 0.6) is 5.75 Å². The molecular weight excluding hydrogens is 474 g/mol. The second-order valence-corrected chi connectivity index (χ2v) is 9.01. The summed E-state index contributed by atoms with van der Waals surface area (Å²) in [7, 11) is 0. The fraction of sp³-hybridized carbons (Fsp3) is 0.360. The van der Waals surface area contributed by atoms with Crippen LogP contribution < -0.4 is 15.7 Å². The number of hydrogen-bond acceptors (Lipinski definition) is 5. The smallest absolute Gasteiger partial charge is 0.360 e. The predicted molar refractivity (Wildman–Crippen MR) is 127 cm³/mol. The van der Waals surface area contributed by atoms with Crippen molar-refractivity contribution in [3.05, 3.63) is 68.5 Å². The van der Waals surface area contributed by atoms with Gasteiger partial charge in [0.15, 0.2) is 0 Å². The minimum Gasteiger partial charge on any atom is -0.490 e. The van der Waals surface area contributed by atoms with Crippen LogP contribution in [0, 0.1) is 6.92 Å². The molecule has 6 nitrogen and oxygen atoms in total. The van der Waals surface area contributed by atoms with Gasteiger partial charge in [0, 0.05) is 22.3 Å². The van der Waals surface area contributed by atoms with E-state index in [-0.39, 0.29) is 23.8 Å². The molecule has 2 aromatic carbocycles. The maximum atomic E-state index is 12.2. The molecule has 0 spiro atoms. The minimum absolute atomic E-state index is 0.0971. The first-order valence-electron chi connectivity index (χ1n) is 10.8. The molecule has 1 fully saturated rings. The van der Waals surface area contributed by atoms with Gasteiger partial charge in [-0.2, -0.15) is 0 Å². The fourth-order valence-electron chi connectivity index (χ4n) is 4.03. The van der Waals surface area contributed by atoms with Crippen molar-refractivity contribution in [2.24, 2.45) is 0 Å². The van der Waals surface area contributed by atoms with Gasteiger partial charge in [-0.05, 0) is 62.4 Å². The quantitative estimate of drug-likeness (QED) is 0.438. The molecule has 0 aliphatic heterocycles. The van der Waals surface area contributed by atoms with Crippen LogP contribution in [-0.4, -0.2) is 18.1 Å². The molecule has 4 rings (SSSR count). The molecule has 1 amide bonds. The Morgan fingerprint density at radius 2 is 1.84 bits per heavy atom. The van der Waals surface area contributed by atoms with E-state index in [0.717, 1.165) is 46.7 Å². The molecular formula is C25H26BrNO5. The summed E-state index contributed by atoms with van der Waals surface area (Å²) >= 11 is 3.56. The zero-order valence-electron chi connectivity index (χ0n) is 18.2. The first-order chi connectivity index (χ1) is 15.4. The third-order valence-electron chi connectivity index (χ3n) is 5.76. The van der Waals surface area contributed by atoms with Gasteiger partial charge in [0.1, 0.15) is 17.0 Å². The number of fused-ring (bicyclic) bond motifs is 1. The van der Waals surface area contributed by atoms with Crippen molar-refractivity contribution in [1.82, 2.24) is 0 Å². The Balaban J connectivity index is 1.38. The lowest BCUT2D eigenvalue weighted by molar-refractivity contribution is -0.114. The van der Waals surface area contributed by atoms with Crippen molar-refractivity contribution in [3.8, 4) is 5.75 Å². The molecule has 7 heteroatoms. The standard InChI is InChI=1S/C25H26BrNO5/c1-15-23(12-7-17-13-22(27-16(2)28)25(29)32-24(15)17)31-20-10-8-19(9-11-20)30-14-18-5-3-4-6-21(18)26/h3-7,12-13,19-20H,8-11,14H2,1-2H3,(H,27,28). The van der Waals surface area contributed by atoms with E-state index in [0.29, 0.717) is 17.9 Å². The molecule has 32 heavy (non-hydrogen) atoms. The van der Waals surface area contributed by atoms with E-state index >= 15 is 0 Å². The van der Waals surface area contributed by atoms with Crippen LogP contribution in [0.1, 0.15) is 43.7 Å². The largest absolute Gasteiger partial charge is 0.490 e. The van der Waals surface area contributed by atoms with E-state index in [1.807, 2.05) is 37.3 Å². The Bertz CT molecular complexity index is 1180. The molecule has 1 aromatic heterocycles. The maximum absolute atomic E-state index is 12.2. The fourth-order valence-corrected chi connectivity index (χ4v) is 4.43. The molecule has 1 aliphatic rings. The highest BCUT2D eigenvalue weighted by molar-refractivity contribution is 9.10. The Morgan fingerprint density at radius 3 is 2.56 bits per heavy atom. The molecule has 0 bridgehead atoms. The minimum atomic E-state index is -0.573. The first kappa shape index (κ1) is 22.6. The Morgan fingerprint density at radius 1 is 1.12 bits per heavy atom. The van der Waals surface area contributed by atoms with Crippen LogP contribution in [0.25, 0.3) is 11.0 Å². The summed E-state index contributed by atoms with van der Waals surface area (Å²) in [5.41, 5.74) is 1.98. The monoisotopic (exact) mass is 499 g/mol. The lowest BCUT2D eigenvalue weighted by Gasteiger charge is -2.29. The van der Waals surface area contributed by atoms with Gasteiger partial charge in [0.2, 0.25) is 5.91 Å². The summed E-state index contributed by atoms with van der Waals surface area (Å²) in [6.07, 6.45) is 4.02. The number of hydrogen-bond donors (Lipinski definition) is 1. The molecule has 1 saturated carbocycles. The summed E-state index contributed by atoms with van der Waals surface area (Å²) in [4.78, 5) is 23.5. The lowest BCUT2D eigenvalue weighted by atomic mass is 9.94. The lowest BCUT2D eigenvalue weighted by Crippen LogP contribution is -2.28. The van der Waals surface area contributed by atoms with Gasteiger partial charge >= 0.3 is 5.63 Å². The number of rotatable bonds is 6. The van der Waals surface area contributed by atoms with Gasteiger partial charge in [-0.1, -0.05) is 34.1 Å². The number of anilines is 1. The first-order valence-corrected chi connectivity index (χ1v) is 11.6. The Hall–Kier alpha value is -2.64. The summed E-state index contributed by atoms with van der Waals surface area (Å²) < 4.78 is 18.9. The SMILES string of the molecule is CC(=O)Nc1cc2ccc(OC3CCC(OCc4ccccc4Br)CC3)c(C)c2oc1=O. The number of aryl methyl sites for hydroxylation is 1. The van der Waals surface area contributed by atoms with Gasteiger partial charge in [0.05, 0.1) is 18.8 Å². The summed E-state index contributed by atoms with van der Waals surface area (Å²) in [6, 6.07) is 13.5. The second-order valence-electron chi connectivity index (χ2n) is 8.15. The van der Waals surface area contributed by atoms with Crippen LogP contribution in [0.2, 0.25) is 0 Å². The number of amides is 1. The number of ether oxygens (including phenoxy) is 2. The number of carbonyl (C=O) groups excluding carboxylic acids is 1. The van der Waals surface area contributed by atoms with Gasteiger partial charge in [-0.3, -0.25) is 4.79 Å². The van der Waals surface area contributed by atoms with E-state index in [1.165, 1.54) is 6.92 Å². The normalized spacial score (nSPS) is 18.5. The number of benzene rings is 2. The van der Waals surface area contributed by atoms with Crippen LogP contribution in [0.4, 0.5) is 5.69 Å². The zero-order valence-corrected chi connectivity index (χ0v) is 19.7. The molecule has 1 N–H and O–H groups in total. The highest BCUT2D eigenvalue weighted by Crippen LogP contribution is 2.32. The van der Waals surface area contributed by atoms with E-state index in [2.05, 4.69) is 27.3 Å². The molecule has 1 heterocycles. The van der Waals surface area contributed by atoms with Crippen molar-refractivity contribution >= 4 is 38.5 Å². The van der Waals surface area contributed by atoms with E-state index in [4.69, 9.17) is 13.9 Å². The van der Waals surface area contributed by atoms with Crippen molar-refractivity contribution in [2.45, 2.75) is 58.3 Å². The molecule has 3 aromatic rings. The highest BCUT2D eigenvalue weighted by Gasteiger charge is 2.24. The molecule has 0 unspecified atom stereocenters. The van der Waals surface area contributed by atoms with Gasteiger partial charge < -0.3 is 19.2 Å². The number of carbonyl (C=O) groups is 1. The summed E-state index contributed by atoms with van der Waals surface area (Å²) in [5.74, 6) is 0.398. The third-order valence-corrected chi connectivity index (χ3v) is 6.53. The van der Waals surface area contributed by atoms with Gasteiger partial charge in [0.25, 0.3) is 0 Å². The van der Waals surface area contributed by atoms with E-state index in [9.17, 15) is 9.59 Å². The average Bonchev–Trinajstić information content (AvgIpc) is 2.77. The van der Waals surface area contributed by atoms with Gasteiger partial charge in [-0.25, -0.2) is 4.79 Å². The van der Waals surface area contributed by atoms with Gasteiger partial charge in [-0.15, -0.1) is 0 Å². The molecule has 0 atom stereocenters. The summed E-state index contributed by atoms with van der Waals surface area (Å²) in [5, 5.41) is 3.24. The van der Waals surface area contributed by atoms with Crippen molar-refractivity contribution in [3.63, 3.8) is 0 Å². The van der Waals surface area contributed by atoms with Crippen LogP contribution in [0.3, 0.4) is 0 Å². The average molecular weight is 500 g/mol. The third kappa shape index (κ3) is 5.22. The van der Waals surface area contributed by atoms with E-state index in [1.54, 1.807) is 6.07 Å². The maximum Gasteiger partial charge on any atom is 0.360 e. The van der Waals surface area contributed by atoms with Crippen molar-refractivity contribution in [2.75, 3.05) is 5.32 Å².